The number of cyclic esters (lactones) is 1. The second-order valence-corrected chi connectivity index (χ2v) is 9.70. The second-order valence-electron chi connectivity index (χ2n) is 9.70. The van der Waals surface area contributed by atoms with E-state index < -0.39 is 5.41 Å². The largest absolute Gasteiger partial charge is 0.430 e. The van der Waals surface area contributed by atoms with E-state index in [2.05, 4.69) is 88.1 Å². The summed E-state index contributed by atoms with van der Waals surface area (Å²) in [6.07, 6.45) is 2.89. The zero-order chi connectivity index (χ0) is 24.1. The van der Waals surface area contributed by atoms with E-state index in [9.17, 15) is 4.79 Å². The van der Waals surface area contributed by atoms with Crippen molar-refractivity contribution in [3.05, 3.63) is 112 Å². The fourth-order valence-electron chi connectivity index (χ4n) is 4.33. The molecule has 1 saturated heterocycles. The number of hydrogen-bond donors (Lipinski definition) is 0. The van der Waals surface area contributed by atoms with Crippen molar-refractivity contribution in [1.82, 2.24) is 0 Å². The highest BCUT2D eigenvalue weighted by Gasteiger charge is 2.48. The van der Waals surface area contributed by atoms with Crippen LogP contribution in [0.5, 0.6) is 0 Å². The molecule has 1 unspecified atom stereocenters. The summed E-state index contributed by atoms with van der Waals surface area (Å²) in [5, 5.41) is 0. The van der Waals surface area contributed by atoms with Crippen LogP contribution < -0.4 is 0 Å². The van der Waals surface area contributed by atoms with Gasteiger partial charge in [0.2, 0.25) is 0 Å². The van der Waals surface area contributed by atoms with Crippen LogP contribution in [0.2, 0.25) is 0 Å². The van der Waals surface area contributed by atoms with Crippen molar-refractivity contribution in [2.45, 2.75) is 57.8 Å². The number of hydrogen-bond acceptors (Lipinski definition) is 2. The molecule has 3 aromatic carbocycles. The summed E-state index contributed by atoms with van der Waals surface area (Å²) in [6.45, 7) is 8.72. The molecule has 1 heterocycles. The fourth-order valence-corrected chi connectivity index (χ4v) is 4.33. The average Bonchev–Trinajstić information content (AvgIpc) is 3.16. The molecule has 0 saturated carbocycles. The Labute approximate surface area is 203 Å². The van der Waals surface area contributed by atoms with E-state index in [0.29, 0.717) is 30.4 Å². The van der Waals surface area contributed by atoms with Crippen LogP contribution in [0.25, 0.3) is 6.08 Å². The molecule has 1 aliphatic rings. The van der Waals surface area contributed by atoms with Gasteiger partial charge in [-0.3, -0.25) is 4.79 Å². The standard InChI is InChI=1S/C32H32O2/c1-23(2)27-16-12-25(13-17-27)9-8-20-32(29-10-6-5-7-11-29)22-30(34-31(32)33)21-26-14-18-28(19-15-26)24(3)4/h5-7,10-19,21,23-24H,20,22H2,1-4H3/b30-21+. The summed E-state index contributed by atoms with van der Waals surface area (Å²) in [7, 11) is 0. The number of allylic oxidation sites excluding steroid dienone is 1. The Morgan fingerprint density at radius 2 is 1.44 bits per heavy atom. The smallest absolute Gasteiger partial charge is 0.323 e. The summed E-state index contributed by atoms with van der Waals surface area (Å²) in [5.74, 6) is 7.98. The number of ether oxygens (including phenoxy) is 1. The lowest BCUT2D eigenvalue weighted by Gasteiger charge is -2.22. The van der Waals surface area contributed by atoms with E-state index in [-0.39, 0.29) is 5.97 Å². The molecule has 172 valence electrons. The third-order valence-corrected chi connectivity index (χ3v) is 6.55. The predicted octanol–water partition coefficient (Wildman–Crippen LogP) is 7.60. The van der Waals surface area contributed by atoms with Gasteiger partial charge in [0.15, 0.2) is 0 Å². The van der Waals surface area contributed by atoms with Crippen LogP contribution in [0.4, 0.5) is 0 Å². The van der Waals surface area contributed by atoms with E-state index >= 15 is 0 Å². The molecular formula is C32H32O2. The Bertz CT molecular complexity index is 1220. The van der Waals surface area contributed by atoms with Crippen LogP contribution in [0.3, 0.4) is 0 Å². The van der Waals surface area contributed by atoms with Gasteiger partial charge in [0.05, 0.1) is 0 Å². The van der Waals surface area contributed by atoms with E-state index in [1.54, 1.807) is 0 Å². The van der Waals surface area contributed by atoms with Crippen LogP contribution in [0.15, 0.2) is 84.6 Å². The van der Waals surface area contributed by atoms with E-state index in [1.165, 1.54) is 11.1 Å². The fraction of sp³-hybridized carbons (Fsp3) is 0.281. The number of esters is 1. The number of benzene rings is 3. The van der Waals surface area contributed by atoms with Crippen LogP contribution in [0.1, 0.15) is 80.2 Å². The molecule has 0 bridgehead atoms. The predicted molar refractivity (Wildman–Crippen MR) is 139 cm³/mol. The monoisotopic (exact) mass is 448 g/mol. The molecule has 4 rings (SSSR count). The molecule has 2 heteroatoms. The third-order valence-electron chi connectivity index (χ3n) is 6.55. The minimum atomic E-state index is -0.796. The molecule has 0 aromatic heterocycles. The molecule has 34 heavy (non-hydrogen) atoms. The van der Waals surface area contributed by atoms with Crippen molar-refractivity contribution in [2.24, 2.45) is 0 Å². The quantitative estimate of drug-likeness (QED) is 0.297. The number of carbonyl (C=O) groups is 1. The number of rotatable bonds is 5. The summed E-state index contributed by atoms with van der Waals surface area (Å²) >= 11 is 0. The first-order chi connectivity index (χ1) is 16.4. The van der Waals surface area contributed by atoms with Gasteiger partial charge in [-0.1, -0.05) is 106 Å². The summed E-state index contributed by atoms with van der Waals surface area (Å²) < 4.78 is 5.81. The molecule has 2 nitrogen and oxygen atoms in total. The van der Waals surface area contributed by atoms with E-state index in [0.717, 1.165) is 16.7 Å². The van der Waals surface area contributed by atoms with Gasteiger partial charge in [-0.05, 0) is 52.3 Å². The molecule has 1 fully saturated rings. The molecule has 1 aliphatic heterocycles. The van der Waals surface area contributed by atoms with E-state index in [4.69, 9.17) is 4.74 Å². The van der Waals surface area contributed by atoms with Gasteiger partial charge in [0.1, 0.15) is 11.2 Å². The van der Waals surface area contributed by atoms with Gasteiger partial charge in [-0.15, -0.1) is 0 Å². The molecule has 0 aliphatic carbocycles. The van der Waals surface area contributed by atoms with Gasteiger partial charge in [0.25, 0.3) is 0 Å². The zero-order valence-corrected chi connectivity index (χ0v) is 20.5. The summed E-state index contributed by atoms with van der Waals surface area (Å²) in [6, 6.07) is 26.7. The van der Waals surface area contributed by atoms with Crippen LogP contribution in [0, 0.1) is 11.8 Å². The van der Waals surface area contributed by atoms with Gasteiger partial charge < -0.3 is 4.74 Å². The molecule has 0 spiro atoms. The first-order valence-electron chi connectivity index (χ1n) is 12.0. The normalized spacial score (nSPS) is 18.8. The maximum Gasteiger partial charge on any atom is 0.323 e. The Kier molecular flexibility index (Phi) is 7.03. The highest BCUT2D eigenvalue weighted by atomic mass is 16.5. The number of carbonyl (C=O) groups excluding carboxylic acids is 1. The average molecular weight is 449 g/mol. The lowest BCUT2D eigenvalue weighted by Crippen LogP contribution is -2.31. The Balaban J connectivity index is 1.61. The van der Waals surface area contributed by atoms with Crippen molar-refractivity contribution < 1.29 is 9.53 Å². The molecule has 3 aromatic rings. The zero-order valence-electron chi connectivity index (χ0n) is 20.5. The maximum absolute atomic E-state index is 13.3. The van der Waals surface area contributed by atoms with Crippen LogP contribution in [-0.4, -0.2) is 5.97 Å². The molecular weight excluding hydrogens is 416 g/mol. The lowest BCUT2D eigenvalue weighted by atomic mass is 9.76. The molecule has 0 amide bonds. The van der Waals surface area contributed by atoms with Gasteiger partial charge >= 0.3 is 5.97 Å². The van der Waals surface area contributed by atoms with Crippen molar-refractivity contribution in [2.75, 3.05) is 0 Å². The molecule has 0 N–H and O–H groups in total. The lowest BCUT2D eigenvalue weighted by molar-refractivity contribution is -0.140. The summed E-state index contributed by atoms with van der Waals surface area (Å²) in [5.41, 5.74) is 4.73. The highest BCUT2D eigenvalue weighted by molar-refractivity contribution is 5.88. The Morgan fingerprint density at radius 3 is 2.03 bits per heavy atom. The second kappa shape index (κ2) is 10.1. The third kappa shape index (κ3) is 5.15. The minimum Gasteiger partial charge on any atom is -0.430 e. The SMILES string of the molecule is CC(C)c1ccc(C#CCC2(c3ccccc3)C/C(=C\c3ccc(C(C)C)cc3)OC2=O)cc1. The summed E-state index contributed by atoms with van der Waals surface area (Å²) in [4.78, 5) is 13.3. The van der Waals surface area contributed by atoms with Crippen molar-refractivity contribution >= 4 is 12.0 Å². The first-order valence-corrected chi connectivity index (χ1v) is 12.0. The van der Waals surface area contributed by atoms with Gasteiger partial charge in [-0.2, -0.15) is 0 Å². The van der Waals surface area contributed by atoms with Crippen molar-refractivity contribution in [3.63, 3.8) is 0 Å². The van der Waals surface area contributed by atoms with E-state index in [1.807, 2.05) is 36.4 Å². The molecule has 0 radical (unpaired) electrons. The van der Waals surface area contributed by atoms with Crippen molar-refractivity contribution in [1.29, 1.82) is 0 Å². The molecule has 1 atom stereocenters. The van der Waals surface area contributed by atoms with Crippen LogP contribution in [-0.2, 0) is 14.9 Å². The minimum absolute atomic E-state index is 0.229. The van der Waals surface area contributed by atoms with Gasteiger partial charge in [-0.25, -0.2) is 0 Å². The topological polar surface area (TPSA) is 26.3 Å². The maximum atomic E-state index is 13.3. The highest BCUT2D eigenvalue weighted by Crippen LogP contribution is 2.42. The van der Waals surface area contributed by atoms with Crippen molar-refractivity contribution in [3.8, 4) is 11.8 Å². The Hall–Kier alpha value is -3.57. The van der Waals surface area contributed by atoms with Crippen LogP contribution >= 0.6 is 0 Å². The van der Waals surface area contributed by atoms with Gasteiger partial charge in [0, 0.05) is 18.4 Å². The first kappa shape index (κ1) is 23.6. The Morgan fingerprint density at radius 1 is 0.853 bits per heavy atom.